The summed E-state index contributed by atoms with van der Waals surface area (Å²) in [6.45, 7) is 5.62. The van der Waals surface area contributed by atoms with Gasteiger partial charge in [0.1, 0.15) is 17.5 Å². The van der Waals surface area contributed by atoms with E-state index in [0.717, 1.165) is 18.3 Å². The average molecular weight is 421 g/mol. The highest BCUT2D eigenvalue weighted by molar-refractivity contribution is 5.93. The van der Waals surface area contributed by atoms with Crippen LogP contribution < -0.4 is 16.2 Å². The molecule has 0 aliphatic rings. The summed E-state index contributed by atoms with van der Waals surface area (Å²) in [5.74, 6) is 0.499. The molecule has 0 amide bonds. The number of nitrogens with zero attached hydrogens (tertiary/aromatic N) is 3. The van der Waals surface area contributed by atoms with E-state index in [0.29, 0.717) is 10.8 Å². The minimum Gasteiger partial charge on any atom is -0.395 e. The Hall–Kier alpha value is -3.14. The monoisotopic (exact) mass is 421 g/mol. The molecule has 160 valence electrons. The molecular formula is C20H22F3N5O2. The van der Waals surface area contributed by atoms with Crippen molar-refractivity contribution in [1.82, 2.24) is 14.5 Å². The van der Waals surface area contributed by atoms with E-state index in [-0.39, 0.29) is 36.2 Å². The van der Waals surface area contributed by atoms with Crippen LogP contribution in [0.5, 0.6) is 0 Å². The van der Waals surface area contributed by atoms with Gasteiger partial charge in [-0.15, -0.1) is 0 Å². The van der Waals surface area contributed by atoms with Gasteiger partial charge in [-0.1, -0.05) is 0 Å². The SMILES string of the molecule is CC(C)(C)Nc1nc(Nc2cc(C(F)(F)F)ccn2)cc2ccn(CCO)c(=O)c12. The van der Waals surface area contributed by atoms with Gasteiger partial charge in [0.15, 0.2) is 0 Å². The van der Waals surface area contributed by atoms with E-state index in [9.17, 15) is 23.1 Å². The first-order chi connectivity index (χ1) is 14.0. The number of nitrogens with one attached hydrogen (secondary N) is 2. The minimum absolute atomic E-state index is 0.0213. The van der Waals surface area contributed by atoms with E-state index in [1.165, 1.54) is 4.57 Å². The highest BCUT2D eigenvalue weighted by Crippen LogP contribution is 2.31. The molecule has 0 aliphatic heterocycles. The molecule has 3 aromatic heterocycles. The molecule has 0 fully saturated rings. The Morgan fingerprint density at radius 1 is 1.13 bits per heavy atom. The van der Waals surface area contributed by atoms with Crippen LogP contribution in [0.3, 0.4) is 0 Å². The van der Waals surface area contributed by atoms with Crippen molar-refractivity contribution in [1.29, 1.82) is 0 Å². The number of pyridine rings is 3. The third kappa shape index (κ3) is 4.88. The second-order valence-electron chi connectivity index (χ2n) is 7.79. The molecule has 3 rings (SSSR count). The molecule has 0 unspecified atom stereocenters. The fraction of sp³-hybridized carbons (Fsp3) is 0.350. The first-order valence-corrected chi connectivity index (χ1v) is 9.21. The van der Waals surface area contributed by atoms with Crippen molar-refractivity contribution >= 4 is 28.2 Å². The van der Waals surface area contributed by atoms with Crippen LogP contribution in [0.25, 0.3) is 10.8 Å². The Balaban J connectivity index is 2.11. The van der Waals surface area contributed by atoms with Gasteiger partial charge in [-0.3, -0.25) is 4.79 Å². The van der Waals surface area contributed by atoms with Crippen molar-refractivity contribution in [2.24, 2.45) is 0 Å². The summed E-state index contributed by atoms with van der Waals surface area (Å²) < 4.78 is 40.3. The van der Waals surface area contributed by atoms with Gasteiger partial charge in [0.05, 0.1) is 17.6 Å². The summed E-state index contributed by atoms with van der Waals surface area (Å²) in [7, 11) is 0. The van der Waals surface area contributed by atoms with Crippen molar-refractivity contribution in [2.45, 2.75) is 39.0 Å². The molecule has 0 bridgehead atoms. The van der Waals surface area contributed by atoms with Crippen molar-refractivity contribution < 1.29 is 18.3 Å². The fourth-order valence-electron chi connectivity index (χ4n) is 2.90. The maximum absolute atomic E-state index is 13.0. The Morgan fingerprint density at radius 3 is 2.50 bits per heavy atom. The number of anilines is 3. The molecule has 7 nitrogen and oxygen atoms in total. The Morgan fingerprint density at radius 2 is 1.87 bits per heavy atom. The predicted octanol–water partition coefficient (Wildman–Crippen LogP) is 3.76. The number of hydrogen-bond acceptors (Lipinski definition) is 6. The zero-order valence-corrected chi connectivity index (χ0v) is 16.7. The first-order valence-electron chi connectivity index (χ1n) is 9.21. The third-order valence-corrected chi connectivity index (χ3v) is 4.14. The topological polar surface area (TPSA) is 92.1 Å². The van der Waals surface area contributed by atoms with Gasteiger partial charge >= 0.3 is 6.18 Å². The Bertz CT molecular complexity index is 1120. The number of rotatable bonds is 5. The van der Waals surface area contributed by atoms with E-state index in [1.807, 2.05) is 20.8 Å². The lowest BCUT2D eigenvalue weighted by Gasteiger charge is -2.23. The van der Waals surface area contributed by atoms with Crippen LogP contribution in [0.2, 0.25) is 0 Å². The maximum atomic E-state index is 13.0. The van der Waals surface area contributed by atoms with Gasteiger partial charge in [-0.05, 0) is 50.4 Å². The zero-order valence-electron chi connectivity index (χ0n) is 16.7. The summed E-state index contributed by atoms with van der Waals surface area (Å²) in [6, 6.07) is 5.03. The van der Waals surface area contributed by atoms with Gasteiger partial charge in [-0.25, -0.2) is 9.97 Å². The van der Waals surface area contributed by atoms with E-state index >= 15 is 0 Å². The molecule has 3 aromatic rings. The lowest BCUT2D eigenvalue weighted by atomic mass is 10.1. The van der Waals surface area contributed by atoms with E-state index < -0.39 is 17.3 Å². The lowest BCUT2D eigenvalue weighted by molar-refractivity contribution is -0.137. The molecular weight excluding hydrogens is 399 g/mol. The molecule has 0 saturated heterocycles. The summed E-state index contributed by atoms with van der Waals surface area (Å²) >= 11 is 0. The largest absolute Gasteiger partial charge is 0.416 e. The first kappa shape index (κ1) is 21.6. The summed E-state index contributed by atoms with van der Waals surface area (Å²) in [4.78, 5) is 21.2. The summed E-state index contributed by atoms with van der Waals surface area (Å²) in [5.41, 5.74) is -1.60. The number of aromatic nitrogens is 3. The number of fused-ring (bicyclic) bond motifs is 1. The maximum Gasteiger partial charge on any atom is 0.416 e. The Labute approximate surface area is 170 Å². The number of halogens is 3. The van der Waals surface area contributed by atoms with Crippen LogP contribution in [0, 0.1) is 0 Å². The highest BCUT2D eigenvalue weighted by atomic mass is 19.4. The molecule has 3 N–H and O–H groups in total. The molecule has 0 aliphatic carbocycles. The smallest absolute Gasteiger partial charge is 0.395 e. The number of alkyl halides is 3. The van der Waals surface area contributed by atoms with Gasteiger partial charge in [0.2, 0.25) is 0 Å². The molecule has 10 heteroatoms. The molecule has 0 aromatic carbocycles. The van der Waals surface area contributed by atoms with E-state index in [2.05, 4.69) is 20.6 Å². The van der Waals surface area contributed by atoms with Gasteiger partial charge in [-0.2, -0.15) is 13.2 Å². The van der Waals surface area contributed by atoms with Gasteiger partial charge in [0.25, 0.3) is 5.56 Å². The summed E-state index contributed by atoms with van der Waals surface area (Å²) in [5, 5.41) is 16.0. The average Bonchev–Trinajstić information content (AvgIpc) is 2.62. The third-order valence-electron chi connectivity index (χ3n) is 4.14. The van der Waals surface area contributed by atoms with Crippen LogP contribution in [0.4, 0.5) is 30.6 Å². The Kier molecular flexibility index (Phi) is 5.71. The van der Waals surface area contributed by atoms with Crippen molar-refractivity contribution in [3.8, 4) is 0 Å². The van der Waals surface area contributed by atoms with E-state index in [4.69, 9.17) is 0 Å². The zero-order chi connectivity index (χ0) is 22.1. The normalized spacial score (nSPS) is 12.2. The lowest BCUT2D eigenvalue weighted by Crippen LogP contribution is -2.29. The van der Waals surface area contributed by atoms with Crippen LogP contribution in [0.1, 0.15) is 26.3 Å². The van der Waals surface area contributed by atoms with Crippen molar-refractivity contribution in [2.75, 3.05) is 17.2 Å². The minimum atomic E-state index is -4.49. The molecule has 0 radical (unpaired) electrons. The second-order valence-corrected chi connectivity index (χ2v) is 7.79. The summed E-state index contributed by atoms with van der Waals surface area (Å²) in [6.07, 6.45) is -1.88. The van der Waals surface area contributed by atoms with Crippen LogP contribution >= 0.6 is 0 Å². The quantitative estimate of drug-likeness (QED) is 0.581. The van der Waals surface area contributed by atoms with Gasteiger partial charge < -0.3 is 20.3 Å². The molecule has 0 spiro atoms. The standard InChI is InChI=1S/C20H22F3N5O2/c1-19(2,3)27-17-16-12(5-7-28(8-9-29)18(16)30)10-15(26-17)25-14-11-13(4-6-24-14)20(21,22)23/h4-7,10-11,29H,8-9H2,1-3H3,(H2,24,25,26,27). The number of aliphatic hydroxyl groups excluding tert-OH is 1. The van der Waals surface area contributed by atoms with E-state index in [1.54, 1.807) is 18.3 Å². The molecule has 0 saturated carbocycles. The van der Waals surface area contributed by atoms with Gasteiger partial charge in [0, 0.05) is 24.5 Å². The van der Waals surface area contributed by atoms with Crippen molar-refractivity contribution in [3.63, 3.8) is 0 Å². The fourth-order valence-corrected chi connectivity index (χ4v) is 2.90. The number of aliphatic hydroxyl groups is 1. The molecule has 30 heavy (non-hydrogen) atoms. The molecule has 0 atom stereocenters. The molecule has 3 heterocycles. The predicted molar refractivity (Wildman–Crippen MR) is 109 cm³/mol. The second kappa shape index (κ2) is 7.94. The number of hydrogen-bond donors (Lipinski definition) is 3. The highest BCUT2D eigenvalue weighted by Gasteiger charge is 2.30. The van der Waals surface area contributed by atoms with Crippen LogP contribution in [0.15, 0.2) is 41.5 Å². The van der Waals surface area contributed by atoms with Crippen LogP contribution in [-0.2, 0) is 12.7 Å². The van der Waals surface area contributed by atoms with Crippen molar-refractivity contribution in [3.05, 3.63) is 52.6 Å². The van der Waals surface area contributed by atoms with Crippen LogP contribution in [-0.4, -0.2) is 31.8 Å².